The molecule has 0 aliphatic carbocycles. The number of hydrogen-bond acceptors (Lipinski definition) is 4. The maximum Gasteiger partial charge on any atom is 0.252 e. The van der Waals surface area contributed by atoms with Crippen LogP contribution in [0.15, 0.2) is 336 Å². The van der Waals surface area contributed by atoms with Crippen molar-refractivity contribution >= 4 is 123 Å². The second-order valence-corrected chi connectivity index (χ2v) is 30.4. The Bertz CT molecular complexity index is 6470. The van der Waals surface area contributed by atoms with Gasteiger partial charge in [0.2, 0.25) is 0 Å². The van der Waals surface area contributed by atoms with Crippen molar-refractivity contribution in [3.05, 3.63) is 339 Å². The fourth-order valence-corrected chi connectivity index (χ4v) is 16.8. The second kappa shape index (κ2) is 23.5. The molecule has 0 N–H and O–H groups in total. The molecule has 0 saturated carbocycles. The van der Waals surface area contributed by atoms with E-state index >= 15 is 0 Å². The Morgan fingerprint density at radius 1 is 0.250 bits per heavy atom. The van der Waals surface area contributed by atoms with E-state index in [2.05, 4.69) is 383 Å². The summed E-state index contributed by atoms with van der Waals surface area (Å²) in [6.45, 7) is 13.8. The van der Waals surface area contributed by atoms with Gasteiger partial charge in [0.15, 0.2) is 0 Å². The van der Waals surface area contributed by atoms with Crippen LogP contribution in [0.2, 0.25) is 0 Å². The minimum absolute atomic E-state index is 0.0701. The molecule has 0 amide bonds. The van der Waals surface area contributed by atoms with E-state index in [4.69, 9.17) is 8.83 Å². The van der Waals surface area contributed by atoms with Crippen molar-refractivity contribution in [3.63, 3.8) is 0 Å². The number of benzene rings is 15. The topological polar surface area (TPSA) is 37.7 Å². The molecular weight excluding hydrogens is 1260 g/mol. The molecule has 104 heavy (non-hydrogen) atoms. The highest BCUT2D eigenvalue weighted by Gasteiger charge is 2.45. The zero-order valence-electron chi connectivity index (χ0n) is 58.9. The SMILES string of the molecule is CC(C)(C)c1cc2c3c(c1)N(c1ccccc1-c1ccc4oc5ccccc5c4c1)c1cc(-n4c5ccc(-c6ccccc6)cc5c5cc(C(C)(C)C)ccc54)ccc1B3c1cc(-c3cc(-c4ccccc4)cc(-c4ccccc4)c3)ccc1N2c1ccccc1-c1ccc2oc3ccccc3c2c1. The lowest BCUT2D eigenvalue weighted by atomic mass is 9.33. The molecule has 5 heterocycles. The third-order valence-electron chi connectivity index (χ3n) is 22.1. The van der Waals surface area contributed by atoms with Gasteiger partial charge in [-0.05, 0) is 215 Å². The van der Waals surface area contributed by atoms with E-state index in [1.165, 1.54) is 71.7 Å². The van der Waals surface area contributed by atoms with Crippen LogP contribution in [0.25, 0.3) is 138 Å². The molecule has 18 aromatic rings. The van der Waals surface area contributed by atoms with Gasteiger partial charge in [-0.25, -0.2) is 0 Å². The molecule has 15 aromatic carbocycles. The minimum Gasteiger partial charge on any atom is -0.456 e. The predicted molar refractivity (Wildman–Crippen MR) is 439 cm³/mol. The molecule has 20 rings (SSSR count). The van der Waals surface area contributed by atoms with Gasteiger partial charge >= 0.3 is 0 Å². The minimum atomic E-state index is -0.294. The van der Waals surface area contributed by atoms with Gasteiger partial charge < -0.3 is 23.2 Å². The normalized spacial score (nSPS) is 12.8. The predicted octanol–water partition coefficient (Wildman–Crippen LogP) is 25.3. The number of para-hydroxylation sites is 4. The van der Waals surface area contributed by atoms with Crippen molar-refractivity contribution in [2.75, 3.05) is 9.80 Å². The van der Waals surface area contributed by atoms with Gasteiger partial charge in [-0.15, -0.1) is 0 Å². The van der Waals surface area contributed by atoms with Crippen LogP contribution in [-0.2, 0) is 10.8 Å². The molecule has 494 valence electrons. The highest BCUT2D eigenvalue weighted by atomic mass is 16.3. The average molecular weight is 1330 g/mol. The van der Waals surface area contributed by atoms with E-state index in [0.717, 1.165) is 128 Å². The highest BCUT2D eigenvalue weighted by molar-refractivity contribution is 7.00. The quantitative estimate of drug-likeness (QED) is 0.135. The fraction of sp³-hybridized carbons (Fsp3) is 0.0816. The van der Waals surface area contributed by atoms with Gasteiger partial charge in [0.05, 0.1) is 22.4 Å². The van der Waals surface area contributed by atoms with E-state index < -0.39 is 0 Å². The third-order valence-corrected chi connectivity index (χ3v) is 22.1. The van der Waals surface area contributed by atoms with Crippen LogP contribution in [0, 0.1) is 0 Å². The molecule has 0 fully saturated rings. The molecule has 5 nitrogen and oxygen atoms in total. The van der Waals surface area contributed by atoms with Gasteiger partial charge in [-0.1, -0.05) is 248 Å². The number of rotatable bonds is 9. The molecule has 0 bridgehead atoms. The smallest absolute Gasteiger partial charge is 0.252 e. The van der Waals surface area contributed by atoms with Crippen LogP contribution in [0.3, 0.4) is 0 Å². The van der Waals surface area contributed by atoms with E-state index in [1.807, 2.05) is 0 Å². The first-order valence-electron chi connectivity index (χ1n) is 36.3. The summed E-state index contributed by atoms with van der Waals surface area (Å²) in [6.07, 6.45) is 0. The number of aromatic nitrogens is 1. The summed E-state index contributed by atoms with van der Waals surface area (Å²) >= 11 is 0. The Morgan fingerprint density at radius 3 is 1.24 bits per heavy atom. The summed E-state index contributed by atoms with van der Waals surface area (Å²) in [7, 11) is 0. The summed E-state index contributed by atoms with van der Waals surface area (Å²) in [5, 5.41) is 6.83. The van der Waals surface area contributed by atoms with Gasteiger partial charge in [-0.2, -0.15) is 0 Å². The Kier molecular flexibility index (Phi) is 13.8. The summed E-state index contributed by atoms with van der Waals surface area (Å²) in [4.78, 5) is 5.25. The molecule has 0 unspecified atom stereocenters. The summed E-state index contributed by atoms with van der Waals surface area (Å²) in [5.41, 5.74) is 33.2. The molecule has 0 radical (unpaired) electrons. The van der Waals surface area contributed by atoms with Gasteiger partial charge in [0.25, 0.3) is 6.71 Å². The first-order chi connectivity index (χ1) is 50.8. The Labute approximate surface area is 605 Å². The van der Waals surface area contributed by atoms with Crippen LogP contribution in [-0.4, -0.2) is 11.3 Å². The molecule has 2 aliphatic rings. The first kappa shape index (κ1) is 61.3. The molecule has 0 atom stereocenters. The maximum absolute atomic E-state index is 6.54. The average Bonchev–Trinajstić information content (AvgIpc) is 0.902. The maximum atomic E-state index is 6.54. The van der Waals surface area contributed by atoms with Crippen molar-refractivity contribution in [2.24, 2.45) is 0 Å². The standard InChI is InChI=1S/C98H72BN3O2/c1-97(2,3)71-42-47-87-79(57-71)78-53-64(61-24-10-7-11-25-61)38-45-86(78)100(87)73-43-44-82-89(60-73)102(85-35-21-17-31-75(85)67-41-49-95-81(55-67)77-33-19-23-37-93(77)104-95)91-59-72(98(4,5)6)58-90-96(91)99(82)83-56-65(70-51-68(62-26-12-8-13-27-62)50-69(52-70)63-28-14-9-15-29-63)39-46-88(83)101(90)84-34-20-16-30-74(84)66-40-48-94-80(54-66)76-32-18-22-36-92(76)103-94/h7-60H,1-6H3. The Balaban J connectivity index is 0.888. The summed E-state index contributed by atoms with van der Waals surface area (Å²) in [5.74, 6) is 0. The van der Waals surface area contributed by atoms with Crippen LogP contribution in [0.5, 0.6) is 0 Å². The monoisotopic (exact) mass is 1330 g/mol. The van der Waals surface area contributed by atoms with Crippen LogP contribution in [0.1, 0.15) is 52.7 Å². The Morgan fingerprint density at radius 2 is 0.683 bits per heavy atom. The number of anilines is 6. The molecular formula is C98H72BN3O2. The molecule has 0 spiro atoms. The van der Waals surface area contributed by atoms with Crippen LogP contribution >= 0.6 is 0 Å². The van der Waals surface area contributed by atoms with Crippen molar-refractivity contribution in [3.8, 4) is 72.4 Å². The largest absolute Gasteiger partial charge is 0.456 e. The molecule has 2 aliphatic heterocycles. The van der Waals surface area contributed by atoms with Crippen LogP contribution < -0.4 is 26.2 Å². The zero-order chi connectivity index (χ0) is 69.7. The summed E-state index contributed by atoms with van der Waals surface area (Å²) < 4.78 is 15.6. The van der Waals surface area contributed by atoms with E-state index in [-0.39, 0.29) is 17.5 Å². The third kappa shape index (κ3) is 9.91. The summed E-state index contributed by atoms with van der Waals surface area (Å²) in [6, 6.07) is 122. The van der Waals surface area contributed by atoms with Gasteiger partial charge in [0.1, 0.15) is 22.3 Å². The lowest BCUT2D eigenvalue weighted by Crippen LogP contribution is -2.61. The van der Waals surface area contributed by atoms with Gasteiger partial charge in [-0.3, -0.25) is 0 Å². The lowest BCUT2D eigenvalue weighted by molar-refractivity contribution is 0.590. The van der Waals surface area contributed by atoms with E-state index in [0.29, 0.717) is 0 Å². The van der Waals surface area contributed by atoms with Crippen LogP contribution in [0.4, 0.5) is 34.1 Å². The van der Waals surface area contributed by atoms with Crippen molar-refractivity contribution < 1.29 is 8.83 Å². The van der Waals surface area contributed by atoms with Crippen molar-refractivity contribution in [1.82, 2.24) is 4.57 Å². The Hall–Kier alpha value is -12.6. The number of fused-ring (bicyclic) bond motifs is 13. The number of hydrogen-bond donors (Lipinski definition) is 0. The highest BCUT2D eigenvalue weighted by Crippen LogP contribution is 2.52. The second-order valence-electron chi connectivity index (χ2n) is 30.4. The number of furan rings is 2. The van der Waals surface area contributed by atoms with Gasteiger partial charge in [0, 0.05) is 71.9 Å². The lowest BCUT2D eigenvalue weighted by Gasteiger charge is -2.46. The fourth-order valence-electron chi connectivity index (χ4n) is 16.8. The molecule has 3 aromatic heterocycles. The van der Waals surface area contributed by atoms with Crippen molar-refractivity contribution in [1.29, 1.82) is 0 Å². The van der Waals surface area contributed by atoms with E-state index in [9.17, 15) is 0 Å². The first-order valence-corrected chi connectivity index (χ1v) is 36.3. The van der Waals surface area contributed by atoms with Crippen molar-refractivity contribution in [2.45, 2.75) is 52.4 Å². The molecule has 0 saturated heterocycles. The zero-order valence-corrected chi connectivity index (χ0v) is 58.9. The molecule has 6 heteroatoms. The van der Waals surface area contributed by atoms with E-state index in [1.54, 1.807) is 0 Å². The number of nitrogens with zero attached hydrogens (tertiary/aromatic N) is 3.